The van der Waals surface area contributed by atoms with E-state index >= 15 is 0 Å². The number of ether oxygens (including phenoxy) is 1. The third kappa shape index (κ3) is 4.45. The van der Waals surface area contributed by atoms with Crippen LogP contribution in [0.4, 0.5) is 17.6 Å². The van der Waals surface area contributed by atoms with Gasteiger partial charge < -0.3 is 4.74 Å². The fourth-order valence-electron chi connectivity index (χ4n) is 3.82. The maximum atomic E-state index is 13.7. The summed E-state index contributed by atoms with van der Waals surface area (Å²) in [5.41, 5.74) is 0.653. The van der Waals surface area contributed by atoms with Gasteiger partial charge in [-0.2, -0.15) is 21.6 Å². The Bertz CT molecular complexity index is 1350. The molecule has 0 radical (unpaired) electrons. The molecule has 1 aliphatic heterocycles. The van der Waals surface area contributed by atoms with Crippen molar-refractivity contribution in [3.8, 4) is 16.9 Å². The highest BCUT2D eigenvalue weighted by molar-refractivity contribution is 7.86. The SMILES string of the molecule is COS(=O)(=O)c1ccc(C)cc1C1Cc2cc(C(F)(F)F)cc(-c3ccc(F)c(Cl)c3)c2O1. The highest BCUT2D eigenvalue weighted by Gasteiger charge is 2.37. The Hall–Kier alpha value is -2.62. The molecule has 1 aliphatic rings. The number of hydrogen-bond donors (Lipinski definition) is 0. The van der Waals surface area contributed by atoms with E-state index in [0.29, 0.717) is 0 Å². The molecule has 174 valence electrons. The van der Waals surface area contributed by atoms with Crippen LogP contribution >= 0.6 is 11.6 Å². The first kappa shape index (κ1) is 23.5. The predicted molar refractivity (Wildman–Crippen MR) is 114 cm³/mol. The number of hydrogen-bond acceptors (Lipinski definition) is 4. The third-order valence-corrected chi connectivity index (χ3v) is 7.03. The first-order chi connectivity index (χ1) is 15.4. The summed E-state index contributed by atoms with van der Waals surface area (Å²) in [7, 11) is -3.07. The summed E-state index contributed by atoms with van der Waals surface area (Å²) in [6, 6.07) is 10.0. The Morgan fingerprint density at radius 2 is 1.82 bits per heavy atom. The van der Waals surface area contributed by atoms with Gasteiger partial charge >= 0.3 is 6.18 Å². The maximum absolute atomic E-state index is 13.7. The molecule has 1 atom stereocenters. The van der Waals surface area contributed by atoms with Crippen molar-refractivity contribution in [2.75, 3.05) is 7.11 Å². The smallest absolute Gasteiger partial charge is 0.416 e. The van der Waals surface area contributed by atoms with Gasteiger partial charge in [-0.25, -0.2) is 4.39 Å². The molecule has 1 heterocycles. The molecule has 10 heteroatoms. The van der Waals surface area contributed by atoms with Gasteiger partial charge in [-0.05, 0) is 48.4 Å². The molecule has 0 aromatic heterocycles. The van der Waals surface area contributed by atoms with Gasteiger partial charge in [0.1, 0.15) is 22.6 Å². The molecule has 3 aromatic rings. The average Bonchev–Trinajstić information content (AvgIpc) is 3.18. The van der Waals surface area contributed by atoms with Crippen LogP contribution < -0.4 is 4.74 Å². The summed E-state index contributed by atoms with van der Waals surface area (Å²) in [6.45, 7) is 1.75. The minimum Gasteiger partial charge on any atom is -0.484 e. The van der Waals surface area contributed by atoms with E-state index in [9.17, 15) is 26.0 Å². The van der Waals surface area contributed by atoms with Crippen LogP contribution in [0.25, 0.3) is 11.1 Å². The summed E-state index contributed by atoms with van der Waals surface area (Å²) >= 11 is 5.85. The summed E-state index contributed by atoms with van der Waals surface area (Å²) in [5.74, 6) is -0.560. The van der Waals surface area contributed by atoms with Crippen LogP contribution in [0.2, 0.25) is 5.02 Å². The normalized spacial score (nSPS) is 15.9. The molecule has 3 aromatic carbocycles. The summed E-state index contributed by atoms with van der Waals surface area (Å²) in [6.07, 6.45) is -5.52. The van der Waals surface area contributed by atoms with E-state index in [2.05, 4.69) is 4.18 Å². The van der Waals surface area contributed by atoms with Crippen LogP contribution in [0.15, 0.2) is 53.4 Å². The Morgan fingerprint density at radius 3 is 2.45 bits per heavy atom. The minimum atomic E-state index is -4.64. The lowest BCUT2D eigenvalue weighted by Crippen LogP contribution is -2.12. The fraction of sp³-hybridized carbons (Fsp3) is 0.217. The second kappa shape index (κ2) is 8.30. The van der Waals surface area contributed by atoms with E-state index in [1.165, 1.54) is 18.2 Å². The monoisotopic (exact) mass is 500 g/mol. The molecular formula is C23H17ClF4O4S. The van der Waals surface area contributed by atoms with Crippen molar-refractivity contribution in [2.45, 2.75) is 30.5 Å². The lowest BCUT2D eigenvalue weighted by Gasteiger charge is -2.17. The molecule has 33 heavy (non-hydrogen) atoms. The van der Waals surface area contributed by atoms with E-state index in [0.717, 1.165) is 30.9 Å². The number of fused-ring (bicyclic) bond motifs is 1. The Kier molecular flexibility index (Phi) is 5.92. The molecule has 4 nitrogen and oxygen atoms in total. The van der Waals surface area contributed by atoms with E-state index in [1.807, 2.05) is 0 Å². The minimum absolute atomic E-state index is 0.00311. The Morgan fingerprint density at radius 1 is 1.09 bits per heavy atom. The van der Waals surface area contributed by atoms with E-state index in [-0.39, 0.29) is 44.3 Å². The van der Waals surface area contributed by atoms with Gasteiger partial charge in [0.2, 0.25) is 0 Å². The third-order valence-electron chi connectivity index (χ3n) is 5.39. The Labute approximate surface area is 192 Å². The molecule has 0 saturated carbocycles. The second-order valence-corrected chi connectivity index (χ2v) is 9.70. The van der Waals surface area contributed by atoms with Crippen molar-refractivity contribution < 1.29 is 34.9 Å². The van der Waals surface area contributed by atoms with E-state index < -0.39 is 33.8 Å². The Balaban J connectivity index is 1.88. The molecule has 0 bridgehead atoms. The van der Waals surface area contributed by atoms with Gasteiger partial charge in [0, 0.05) is 17.5 Å². The summed E-state index contributed by atoms with van der Waals surface area (Å²) in [5, 5.41) is -0.250. The van der Waals surface area contributed by atoms with Crippen molar-refractivity contribution in [1.29, 1.82) is 0 Å². The fourth-order valence-corrected chi connectivity index (χ4v) is 4.89. The zero-order valence-electron chi connectivity index (χ0n) is 17.3. The van der Waals surface area contributed by atoms with Gasteiger partial charge in [-0.15, -0.1) is 0 Å². The van der Waals surface area contributed by atoms with Gasteiger partial charge in [0.25, 0.3) is 10.1 Å². The van der Waals surface area contributed by atoms with Gasteiger partial charge in [0.05, 0.1) is 17.7 Å². The number of alkyl halides is 3. The predicted octanol–water partition coefficient (Wildman–Crippen LogP) is 6.48. The van der Waals surface area contributed by atoms with Crippen molar-refractivity contribution in [3.05, 3.63) is 81.6 Å². The van der Waals surface area contributed by atoms with Crippen LogP contribution in [0.1, 0.15) is 28.4 Å². The molecule has 0 aliphatic carbocycles. The lowest BCUT2D eigenvalue weighted by atomic mass is 9.96. The molecule has 0 spiro atoms. The number of aryl methyl sites for hydroxylation is 1. The average molecular weight is 501 g/mol. The van der Waals surface area contributed by atoms with Gasteiger partial charge in [-0.1, -0.05) is 35.4 Å². The first-order valence-electron chi connectivity index (χ1n) is 9.68. The molecule has 4 rings (SSSR count). The van der Waals surface area contributed by atoms with Gasteiger partial charge in [0.15, 0.2) is 0 Å². The number of halogens is 5. The van der Waals surface area contributed by atoms with Crippen molar-refractivity contribution in [1.82, 2.24) is 0 Å². The van der Waals surface area contributed by atoms with Crippen LogP contribution in [0, 0.1) is 12.7 Å². The zero-order chi connectivity index (χ0) is 24.1. The second-order valence-electron chi connectivity index (χ2n) is 7.61. The quantitative estimate of drug-likeness (QED) is 0.304. The molecule has 1 unspecified atom stereocenters. The summed E-state index contributed by atoms with van der Waals surface area (Å²) < 4.78 is 90.0. The topological polar surface area (TPSA) is 52.6 Å². The molecule has 0 fully saturated rings. The molecule has 0 N–H and O–H groups in total. The van der Waals surface area contributed by atoms with Gasteiger partial charge in [-0.3, -0.25) is 4.18 Å². The highest BCUT2D eigenvalue weighted by Crippen LogP contribution is 2.48. The first-order valence-corrected chi connectivity index (χ1v) is 11.5. The number of benzene rings is 3. The number of rotatable bonds is 4. The lowest BCUT2D eigenvalue weighted by molar-refractivity contribution is -0.137. The van der Waals surface area contributed by atoms with Crippen LogP contribution in [-0.2, 0) is 26.9 Å². The summed E-state index contributed by atoms with van der Waals surface area (Å²) in [4.78, 5) is -0.129. The molecule has 0 saturated heterocycles. The highest BCUT2D eigenvalue weighted by atomic mass is 35.5. The van der Waals surface area contributed by atoms with Crippen LogP contribution in [0.3, 0.4) is 0 Å². The maximum Gasteiger partial charge on any atom is 0.416 e. The van der Waals surface area contributed by atoms with Crippen molar-refractivity contribution >= 4 is 21.7 Å². The van der Waals surface area contributed by atoms with Crippen molar-refractivity contribution in [2.24, 2.45) is 0 Å². The van der Waals surface area contributed by atoms with Crippen molar-refractivity contribution in [3.63, 3.8) is 0 Å². The van der Waals surface area contributed by atoms with Crippen LogP contribution in [-0.4, -0.2) is 15.5 Å². The van der Waals surface area contributed by atoms with E-state index in [1.54, 1.807) is 19.1 Å². The molecular weight excluding hydrogens is 484 g/mol. The van der Waals surface area contributed by atoms with Crippen LogP contribution in [0.5, 0.6) is 5.75 Å². The molecule has 0 amide bonds. The zero-order valence-corrected chi connectivity index (χ0v) is 18.9. The van der Waals surface area contributed by atoms with E-state index in [4.69, 9.17) is 16.3 Å². The largest absolute Gasteiger partial charge is 0.484 e. The standard InChI is InChI=1S/C23H17ClF4O4S/c1-12-3-6-21(33(29,30)31-2)17(7-12)20-10-14-8-15(23(26,27)28)11-16(22(14)32-20)13-4-5-19(25)18(24)9-13/h3-9,11,20H,10H2,1-2H3.